The van der Waals surface area contributed by atoms with E-state index in [1.165, 1.54) is 50.2 Å². The van der Waals surface area contributed by atoms with E-state index in [1.54, 1.807) is 11.1 Å². The summed E-state index contributed by atoms with van der Waals surface area (Å²) in [6.45, 7) is 1.26. The maximum atomic E-state index is 3.99. The molecule has 1 N–H and O–H groups in total. The van der Waals surface area contributed by atoms with E-state index in [9.17, 15) is 0 Å². The molecule has 20 heavy (non-hydrogen) atoms. The molecule has 2 fully saturated rings. The van der Waals surface area contributed by atoms with Crippen molar-refractivity contribution in [3.8, 4) is 0 Å². The van der Waals surface area contributed by atoms with Crippen LogP contribution in [-0.4, -0.2) is 24.1 Å². The highest BCUT2D eigenvalue weighted by atomic mass is 32.2. The van der Waals surface area contributed by atoms with Crippen molar-refractivity contribution in [3.63, 3.8) is 0 Å². The van der Waals surface area contributed by atoms with Crippen LogP contribution in [0.5, 0.6) is 0 Å². The Bertz CT molecular complexity index is 433. The summed E-state index contributed by atoms with van der Waals surface area (Å²) in [6.07, 6.45) is 6.93. The second-order valence-corrected chi connectivity index (χ2v) is 8.09. The summed E-state index contributed by atoms with van der Waals surface area (Å²) in [6, 6.07) is 9.95. The summed E-state index contributed by atoms with van der Waals surface area (Å²) in [7, 11) is 0. The Labute approximate surface area is 126 Å². The van der Waals surface area contributed by atoms with Gasteiger partial charge in [0.2, 0.25) is 0 Å². The third-order valence-electron chi connectivity index (χ3n) is 5.67. The third-order valence-corrected chi connectivity index (χ3v) is 6.90. The SMILES string of the molecule is c1ccc2c(c1)CC1CCC(C2)C1NCC1CCSC1. The molecule has 0 aromatic heterocycles. The van der Waals surface area contributed by atoms with Gasteiger partial charge in [0.05, 0.1) is 0 Å². The van der Waals surface area contributed by atoms with Crippen molar-refractivity contribution in [3.05, 3.63) is 35.4 Å². The zero-order valence-electron chi connectivity index (χ0n) is 12.2. The first-order valence-corrected chi connectivity index (χ1v) is 9.43. The van der Waals surface area contributed by atoms with Gasteiger partial charge >= 0.3 is 0 Å². The molecule has 0 radical (unpaired) electrons. The molecule has 2 bridgehead atoms. The third kappa shape index (κ3) is 2.53. The molecule has 1 heterocycles. The van der Waals surface area contributed by atoms with Crippen LogP contribution in [0.2, 0.25) is 0 Å². The molecule has 1 aromatic carbocycles. The second-order valence-electron chi connectivity index (χ2n) is 6.94. The predicted molar refractivity (Wildman–Crippen MR) is 87.3 cm³/mol. The van der Waals surface area contributed by atoms with Gasteiger partial charge in [-0.05, 0) is 79.0 Å². The molecular formula is C18H25NS. The van der Waals surface area contributed by atoms with Crippen molar-refractivity contribution in [2.75, 3.05) is 18.1 Å². The Morgan fingerprint density at radius 3 is 2.30 bits per heavy atom. The average molecular weight is 287 g/mol. The number of hydrogen-bond donors (Lipinski definition) is 1. The number of fused-ring (bicyclic) bond motifs is 3. The van der Waals surface area contributed by atoms with Crippen molar-refractivity contribution in [2.24, 2.45) is 17.8 Å². The molecule has 1 saturated heterocycles. The van der Waals surface area contributed by atoms with E-state index in [-0.39, 0.29) is 0 Å². The number of hydrogen-bond acceptors (Lipinski definition) is 2. The molecule has 1 aliphatic heterocycles. The molecule has 2 aliphatic carbocycles. The maximum absolute atomic E-state index is 3.99. The molecule has 1 aromatic rings. The van der Waals surface area contributed by atoms with Crippen LogP contribution < -0.4 is 5.32 Å². The van der Waals surface area contributed by atoms with Crippen LogP contribution in [0.4, 0.5) is 0 Å². The molecular weight excluding hydrogens is 262 g/mol. The van der Waals surface area contributed by atoms with E-state index in [4.69, 9.17) is 0 Å². The van der Waals surface area contributed by atoms with Crippen molar-refractivity contribution >= 4 is 11.8 Å². The monoisotopic (exact) mass is 287 g/mol. The molecule has 3 atom stereocenters. The lowest BCUT2D eigenvalue weighted by Crippen LogP contribution is -2.40. The van der Waals surface area contributed by atoms with Crippen LogP contribution in [0.15, 0.2) is 24.3 Å². The van der Waals surface area contributed by atoms with Gasteiger partial charge in [0.1, 0.15) is 0 Å². The molecule has 1 saturated carbocycles. The number of rotatable bonds is 3. The minimum atomic E-state index is 0.785. The van der Waals surface area contributed by atoms with Crippen LogP contribution >= 0.6 is 11.8 Å². The summed E-state index contributed by atoms with van der Waals surface area (Å²) in [4.78, 5) is 0. The average Bonchev–Trinajstić information content (AvgIpc) is 3.04. The Morgan fingerprint density at radius 1 is 1.00 bits per heavy atom. The fourth-order valence-electron chi connectivity index (χ4n) is 4.53. The lowest BCUT2D eigenvalue weighted by Gasteiger charge is -2.25. The number of thioether (sulfide) groups is 1. The van der Waals surface area contributed by atoms with Gasteiger partial charge in [-0.2, -0.15) is 11.8 Å². The van der Waals surface area contributed by atoms with E-state index in [2.05, 4.69) is 41.3 Å². The van der Waals surface area contributed by atoms with Crippen LogP contribution in [-0.2, 0) is 12.8 Å². The number of nitrogens with one attached hydrogen (secondary N) is 1. The van der Waals surface area contributed by atoms with Gasteiger partial charge in [-0.15, -0.1) is 0 Å². The van der Waals surface area contributed by atoms with Crippen molar-refractivity contribution in [2.45, 2.75) is 38.1 Å². The predicted octanol–water partition coefficient (Wildman–Crippen LogP) is 3.52. The van der Waals surface area contributed by atoms with Crippen molar-refractivity contribution < 1.29 is 0 Å². The highest BCUT2D eigenvalue weighted by molar-refractivity contribution is 7.99. The molecule has 3 aliphatic rings. The van der Waals surface area contributed by atoms with Crippen LogP contribution in [0.25, 0.3) is 0 Å². The molecule has 0 amide bonds. The Hall–Kier alpha value is -0.470. The summed E-state index contributed by atoms with van der Waals surface area (Å²) < 4.78 is 0. The van der Waals surface area contributed by atoms with Gasteiger partial charge < -0.3 is 5.32 Å². The minimum absolute atomic E-state index is 0.785. The zero-order valence-corrected chi connectivity index (χ0v) is 13.0. The summed E-state index contributed by atoms with van der Waals surface area (Å²) in [5, 5.41) is 3.99. The summed E-state index contributed by atoms with van der Waals surface area (Å²) in [5.74, 6) is 5.48. The molecule has 3 unspecified atom stereocenters. The van der Waals surface area contributed by atoms with Crippen LogP contribution in [0.3, 0.4) is 0 Å². The maximum Gasteiger partial charge on any atom is 0.0130 e. The quantitative estimate of drug-likeness (QED) is 0.913. The lowest BCUT2D eigenvalue weighted by molar-refractivity contribution is 0.324. The number of benzene rings is 1. The first kappa shape index (κ1) is 13.2. The first-order chi connectivity index (χ1) is 9.90. The Morgan fingerprint density at radius 2 is 1.70 bits per heavy atom. The van der Waals surface area contributed by atoms with Crippen molar-refractivity contribution in [1.82, 2.24) is 5.32 Å². The van der Waals surface area contributed by atoms with Gasteiger partial charge in [0.15, 0.2) is 0 Å². The van der Waals surface area contributed by atoms with E-state index in [1.807, 2.05) is 0 Å². The first-order valence-electron chi connectivity index (χ1n) is 8.28. The molecule has 2 heteroatoms. The molecule has 1 nitrogen and oxygen atoms in total. The minimum Gasteiger partial charge on any atom is -0.313 e. The van der Waals surface area contributed by atoms with Gasteiger partial charge in [-0.25, -0.2) is 0 Å². The van der Waals surface area contributed by atoms with Gasteiger partial charge in [-0.3, -0.25) is 0 Å². The lowest BCUT2D eigenvalue weighted by atomic mass is 9.94. The van der Waals surface area contributed by atoms with E-state index in [0.717, 1.165) is 23.8 Å². The van der Waals surface area contributed by atoms with Crippen LogP contribution in [0.1, 0.15) is 30.4 Å². The van der Waals surface area contributed by atoms with Gasteiger partial charge in [0.25, 0.3) is 0 Å². The highest BCUT2D eigenvalue weighted by Crippen LogP contribution is 2.40. The van der Waals surface area contributed by atoms with E-state index < -0.39 is 0 Å². The zero-order chi connectivity index (χ0) is 13.4. The Kier molecular flexibility index (Phi) is 3.78. The smallest absolute Gasteiger partial charge is 0.0130 e. The Balaban J connectivity index is 1.46. The normalized spacial score (nSPS) is 35.8. The largest absolute Gasteiger partial charge is 0.313 e. The van der Waals surface area contributed by atoms with E-state index in [0.29, 0.717) is 0 Å². The summed E-state index contributed by atoms with van der Waals surface area (Å²) >= 11 is 2.14. The van der Waals surface area contributed by atoms with Crippen LogP contribution in [0, 0.1) is 17.8 Å². The van der Waals surface area contributed by atoms with Crippen molar-refractivity contribution in [1.29, 1.82) is 0 Å². The molecule has 0 spiro atoms. The molecule has 108 valence electrons. The fraction of sp³-hybridized carbons (Fsp3) is 0.667. The topological polar surface area (TPSA) is 12.0 Å². The fourth-order valence-corrected chi connectivity index (χ4v) is 5.82. The van der Waals surface area contributed by atoms with Gasteiger partial charge in [0, 0.05) is 6.04 Å². The van der Waals surface area contributed by atoms with E-state index >= 15 is 0 Å². The standard InChI is InChI=1S/C18H25NS/c1-2-4-15-10-17-6-5-16(9-14(15)3-1)18(17)19-11-13-7-8-20-12-13/h1-4,13,16-19H,5-12H2. The second kappa shape index (κ2) is 5.73. The highest BCUT2D eigenvalue weighted by Gasteiger charge is 2.38. The molecule has 4 rings (SSSR count). The van der Waals surface area contributed by atoms with Gasteiger partial charge in [-0.1, -0.05) is 24.3 Å². The summed E-state index contributed by atoms with van der Waals surface area (Å²) in [5.41, 5.74) is 3.26.